The van der Waals surface area contributed by atoms with E-state index in [1.54, 1.807) is 31.5 Å². The normalized spacial score (nSPS) is 10.5. The van der Waals surface area contributed by atoms with Gasteiger partial charge in [-0.3, -0.25) is 9.78 Å². The molecule has 2 aromatic rings. The van der Waals surface area contributed by atoms with Gasteiger partial charge in [-0.15, -0.1) is 0 Å². The minimum atomic E-state index is -0.00259. The number of nitrogens with zero attached hydrogens (tertiary/aromatic N) is 1. The molecule has 1 aromatic heterocycles. The average Bonchev–Trinajstić information content (AvgIpc) is 2.45. The number of aromatic nitrogens is 1. The molecule has 0 amide bonds. The maximum Gasteiger partial charge on any atom is 0.168 e. The monoisotopic (exact) mass is 348 g/mol. The third-order valence-electron chi connectivity index (χ3n) is 3.40. The SMILES string of the molecule is COc1c(C)cnc(CC(=O)c2ccc(N)c(Br)c2)c1C. The molecule has 0 bridgehead atoms. The van der Waals surface area contributed by atoms with E-state index in [9.17, 15) is 4.79 Å². The number of aryl methyl sites for hydroxylation is 1. The second-order valence-corrected chi connectivity index (χ2v) is 5.74. The van der Waals surface area contributed by atoms with Crippen molar-refractivity contribution in [3.05, 3.63) is 51.3 Å². The molecule has 21 heavy (non-hydrogen) atoms. The lowest BCUT2D eigenvalue weighted by atomic mass is 10.0. The number of nitrogens with two attached hydrogens (primary N) is 1. The van der Waals surface area contributed by atoms with Crippen molar-refractivity contribution in [2.75, 3.05) is 12.8 Å². The van der Waals surface area contributed by atoms with Crippen LogP contribution in [0.15, 0.2) is 28.9 Å². The van der Waals surface area contributed by atoms with Gasteiger partial charge in [0.25, 0.3) is 0 Å². The van der Waals surface area contributed by atoms with E-state index in [1.807, 2.05) is 13.8 Å². The van der Waals surface area contributed by atoms with Crippen molar-refractivity contribution in [1.82, 2.24) is 4.98 Å². The molecule has 0 aliphatic carbocycles. The van der Waals surface area contributed by atoms with E-state index in [4.69, 9.17) is 10.5 Å². The first-order valence-corrected chi connectivity index (χ1v) is 7.30. The summed E-state index contributed by atoms with van der Waals surface area (Å²) in [5.74, 6) is 0.781. The highest BCUT2D eigenvalue weighted by Gasteiger charge is 2.14. The molecule has 0 saturated heterocycles. The van der Waals surface area contributed by atoms with Crippen molar-refractivity contribution < 1.29 is 9.53 Å². The van der Waals surface area contributed by atoms with Crippen molar-refractivity contribution in [2.24, 2.45) is 0 Å². The summed E-state index contributed by atoms with van der Waals surface area (Å²) < 4.78 is 6.08. The number of anilines is 1. The summed E-state index contributed by atoms with van der Waals surface area (Å²) in [6.07, 6.45) is 1.96. The molecule has 0 saturated carbocycles. The van der Waals surface area contributed by atoms with Crippen LogP contribution in [-0.2, 0) is 6.42 Å². The van der Waals surface area contributed by atoms with E-state index in [2.05, 4.69) is 20.9 Å². The van der Waals surface area contributed by atoms with Gasteiger partial charge in [-0.1, -0.05) is 0 Å². The lowest BCUT2D eigenvalue weighted by Crippen LogP contribution is -2.08. The highest BCUT2D eigenvalue weighted by Crippen LogP contribution is 2.26. The molecule has 5 heteroatoms. The average molecular weight is 349 g/mol. The molecule has 0 radical (unpaired) electrons. The lowest BCUT2D eigenvalue weighted by molar-refractivity contribution is 0.0991. The number of nitrogen functional groups attached to an aromatic ring is 1. The number of methoxy groups -OCH3 is 1. The Morgan fingerprint density at radius 1 is 1.38 bits per heavy atom. The molecule has 1 heterocycles. The highest BCUT2D eigenvalue weighted by atomic mass is 79.9. The molecule has 1 aromatic carbocycles. The molecule has 0 spiro atoms. The molecule has 0 fully saturated rings. The number of pyridine rings is 1. The summed E-state index contributed by atoms with van der Waals surface area (Å²) in [4.78, 5) is 16.7. The van der Waals surface area contributed by atoms with Crippen LogP contribution < -0.4 is 10.5 Å². The van der Waals surface area contributed by atoms with E-state index >= 15 is 0 Å². The van der Waals surface area contributed by atoms with Gasteiger partial charge < -0.3 is 10.5 Å². The van der Waals surface area contributed by atoms with Crippen molar-refractivity contribution in [3.63, 3.8) is 0 Å². The van der Waals surface area contributed by atoms with Gasteiger partial charge in [0.1, 0.15) is 5.75 Å². The standard InChI is InChI=1S/C16H17BrN2O2/c1-9-8-19-14(10(2)16(9)21-3)7-15(20)11-4-5-13(18)12(17)6-11/h4-6,8H,7,18H2,1-3H3. The predicted molar refractivity (Wildman–Crippen MR) is 86.9 cm³/mol. The Hall–Kier alpha value is -1.88. The Morgan fingerprint density at radius 2 is 2.10 bits per heavy atom. The fourth-order valence-corrected chi connectivity index (χ4v) is 2.58. The number of ketones is 1. The Balaban J connectivity index is 2.29. The van der Waals surface area contributed by atoms with Crippen LogP contribution in [0, 0.1) is 13.8 Å². The second-order valence-electron chi connectivity index (χ2n) is 4.88. The van der Waals surface area contributed by atoms with Crippen LogP contribution in [0.3, 0.4) is 0 Å². The number of hydrogen-bond donors (Lipinski definition) is 1. The summed E-state index contributed by atoms with van der Waals surface area (Å²) in [6, 6.07) is 5.18. The lowest BCUT2D eigenvalue weighted by Gasteiger charge is -2.12. The molecule has 0 aliphatic heterocycles. The number of ether oxygens (including phenoxy) is 1. The predicted octanol–water partition coefficient (Wildman–Crippen LogP) is 3.48. The molecule has 0 unspecified atom stereocenters. The first-order valence-electron chi connectivity index (χ1n) is 6.51. The van der Waals surface area contributed by atoms with E-state index in [1.165, 1.54) is 0 Å². The van der Waals surface area contributed by atoms with Crippen molar-refractivity contribution in [3.8, 4) is 5.75 Å². The third-order valence-corrected chi connectivity index (χ3v) is 4.09. The fraction of sp³-hybridized carbons (Fsp3) is 0.250. The zero-order valence-electron chi connectivity index (χ0n) is 12.2. The molecule has 0 aliphatic rings. The van der Waals surface area contributed by atoms with Crippen LogP contribution in [0.1, 0.15) is 27.2 Å². The number of rotatable bonds is 4. The largest absolute Gasteiger partial charge is 0.496 e. The van der Waals surface area contributed by atoms with E-state index in [0.717, 1.165) is 27.0 Å². The van der Waals surface area contributed by atoms with Crippen LogP contribution in [0.5, 0.6) is 5.75 Å². The van der Waals surface area contributed by atoms with Crippen LogP contribution in [0.25, 0.3) is 0 Å². The molecular formula is C16H17BrN2O2. The molecule has 2 N–H and O–H groups in total. The van der Waals surface area contributed by atoms with Crippen LogP contribution in [-0.4, -0.2) is 17.9 Å². The maximum absolute atomic E-state index is 12.4. The molecule has 2 rings (SSSR count). The smallest absolute Gasteiger partial charge is 0.168 e. The van der Waals surface area contributed by atoms with E-state index in [-0.39, 0.29) is 12.2 Å². The quantitative estimate of drug-likeness (QED) is 0.678. The summed E-state index contributed by atoms with van der Waals surface area (Å²) >= 11 is 3.33. The van der Waals surface area contributed by atoms with E-state index < -0.39 is 0 Å². The van der Waals surface area contributed by atoms with Crippen LogP contribution in [0.2, 0.25) is 0 Å². The van der Waals surface area contributed by atoms with Crippen LogP contribution in [0.4, 0.5) is 5.69 Å². The third kappa shape index (κ3) is 3.24. The Kier molecular flexibility index (Phi) is 4.63. The number of carbonyl (C=O) groups excluding carboxylic acids is 1. The topological polar surface area (TPSA) is 65.2 Å². The van der Waals surface area contributed by atoms with Crippen LogP contribution >= 0.6 is 15.9 Å². The number of halogens is 1. The Labute approximate surface area is 132 Å². The second kappa shape index (κ2) is 6.26. The minimum absolute atomic E-state index is 0.00259. The van der Waals surface area contributed by atoms with Gasteiger partial charge in [0.2, 0.25) is 0 Å². The number of Topliss-reactive ketones (excluding diaryl/α,β-unsaturated/α-hetero) is 1. The van der Waals surface area contributed by atoms with E-state index in [0.29, 0.717) is 11.3 Å². The van der Waals surface area contributed by atoms with Crippen molar-refractivity contribution in [2.45, 2.75) is 20.3 Å². The molecule has 110 valence electrons. The van der Waals surface area contributed by atoms with Gasteiger partial charge in [-0.2, -0.15) is 0 Å². The summed E-state index contributed by atoms with van der Waals surface area (Å²) in [7, 11) is 1.62. The van der Waals surface area contributed by atoms with Gasteiger partial charge in [0.05, 0.1) is 19.2 Å². The number of benzene rings is 1. The first-order chi connectivity index (χ1) is 9.93. The Morgan fingerprint density at radius 3 is 2.71 bits per heavy atom. The fourth-order valence-electron chi connectivity index (χ4n) is 2.20. The molecular weight excluding hydrogens is 332 g/mol. The van der Waals surface area contributed by atoms with Gasteiger partial charge >= 0.3 is 0 Å². The first kappa shape index (κ1) is 15.5. The Bertz CT molecular complexity index is 699. The minimum Gasteiger partial charge on any atom is -0.496 e. The van der Waals surface area contributed by atoms with Gasteiger partial charge in [0, 0.05) is 33.0 Å². The summed E-state index contributed by atoms with van der Waals surface area (Å²) in [6.45, 7) is 3.85. The van der Waals surface area contributed by atoms with Crippen molar-refractivity contribution >= 4 is 27.4 Å². The molecule has 0 atom stereocenters. The number of hydrogen-bond acceptors (Lipinski definition) is 4. The number of carbonyl (C=O) groups is 1. The zero-order chi connectivity index (χ0) is 15.6. The maximum atomic E-state index is 12.4. The molecule has 4 nitrogen and oxygen atoms in total. The van der Waals surface area contributed by atoms with Gasteiger partial charge in [0.15, 0.2) is 5.78 Å². The zero-order valence-corrected chi connectivity index (χ0v) is 13.8. The van der Waals surface area contributed by atoms with Gasteiger partial charge in [-0.25, -0.2) is 0 Å². The van der Waals surface area contributed by atoms with Crippen molar-refractivity contribution in [1.29, 1.82) is 0 Å². The highest BCUT2D eigenvalue weighted by molar-refractivity contribution is 9.10. The summed E-state index contributed by atoms with van der Waals surface area (Å²) in [5.41, 5.74) is 9.54. The summed E-state index contributed by atoms with van der Waals surface area (Å²) in [5, 5.41) is 0. The van der Waals surface area contributed by atoms with Gasteiger partial charge in [-0.05, 0) is 48.0 Å².